The van der Waals surface area contributed by atoms with Gasteiger partial charge in [0.1, 0.15) is 0 Å². The number of hydrogen-bond donors (Lipinski definition) is 0. The molecule has 0 spiro atoms. The molecule has 5 rings (SSSR count). The highest BCUT2D eigenvalue weighted by Gasteiger charge is 2.39. The molecule has 35 heavy (non-hydrogen) atoms. The number of carbonyl (C=O) groups is 2. The number of aryl methyl sites for hydroxylation is 1. The summed E-state index contributed by atoms with van der Waals surface area (Å²) in [6.07, 6.45) is 2.07. The molecule has 1 aliphatic rings. The molecule has 178 valence electrons. The van der Waals surface area contributed by atoms with Crippen LogP contribution in [-0.4, -0.2) is 43.8 Å². The predicted molar refractivity (Wildman–Crippen MR) is 132 cm³/mol. The molecule has 0 fully saturated rings. The van der Waals surface area contributed by atoms with Crippen LogP contribution in [0.5, 0.6) is 0 Å². The third-order valence-corrected chi connectivity index (χ3v) is 7.03. The van der Waals surface area contributed by atoms with Gasteiger partial charge in [-0.15, -0.1) is 5.10 Å². The lowest BCUT2D eigenvalue weighted by Gasteiger charge is -2.43. The van der Waals surface area contributed by atoms with Gasteiger partial charge in [-0.2, -0.15) is 0 Å². The zero-order valence-electron chi connectivity index (χ0n) is 19.3. The molecule has 2 amide bonds. The van der Waals surface area contributed by atoms with Gasteiger partial charge in [0.25, 0.3) is 5.91 Å². The number of tetrazole rings is 1. The molecule has 0 unspecified atom stereocenters. The molecule has 2 atom stereocenters. The fourth-order valence-corrected chi connectivity index (χ4v) is 5.19. The second kappa shape index (κ2) is 9.75. The Balaban J connectivity index is 1.51. The molecule has 0 aliphatic carbocycles. The number of amides is 2. The molecule has 3 heterocycles. The maximum atomic E-state index is 13.7. The topological polar surface area (TPSA) is 97.4 Å². The molecule has 0 saturated heterocycles. The molecule has 0 bridgehead atoms. The quantitative estimate of drug-likeness (QED) is 0.377. The van der Waals surface area contributed by atoms with E-state index in [1.807, 2.05) is 66.4 Å². The van der Waals surface area contributed by atoms with Crippen LogP contribution in [0.15, 0.2) is 82.6 Å². The summed E-state index contributed by atoms with van der Waals surface area (Å²) in [5.41, 5.74) is 2.48. The molecule has 0 N–H and O–H groups in total. The van der Waals surface area contributed by atoms with E-state index in [0.29, 0.717) is 11.6 Å². The number of thioether (sulfide) groups is 1. The summed E-state index contributed by atoms with van der Waals surface area (Å²) < 4.78 is 6.94. The first-order valence-electron chi connectivity index (χ1n) is 11.2. The lowest BCUT2D eigenvalue weighted by molar-refractivity contribution is -0.116. The minimum Gasteiger partial charge on any atom is -0.459 e. The first-order chi connectivity index (χ1) is 17.0. The molecule has 10 heteroatoms. The van der Waals surface area contributed by atoms with Crippen LogP contribution >= 0.6 is 11.8 Å². The van der Waals surface area contributed by atoms with Gasteiger partial charge in [0, 0.05) is 24.5 Å². The number of nitrogens with zero attached hydrogens (tertiary/aromatic N) is 6. The van der Waals surface area contributed by atoms with Crippen molar-refractivity contribution in [2.24, 2.45) is 7.05 Å². The Labute approximate surface area is 206 Å². The van der Waals surface area contributed by atoms with E-state index in [-0.39, 0.29) is 35.4 Å². The lowest BCUT2D eigenvalue weighted by atomic mass is 9.89. The summed E-state index contributed by atoms with van der Waals surface area (Å²) in [5, 5.41) is 12.0. The number of anilines is 2. The van der Waals surface area contributed by atoms with E-state index in [9.17, 15) is 9.59 Å². The first-order valence-corrected chi connectivity index (χ1v) is 12.2. The van der Waals surface area contributed by atoms with Crippen molar-refractivity contribution in [3.63, 3.8) is 0 Å². The van der Waals surface area contributed by atoms with Gasteiger partial charge in [-0.1, -0.05) is 48.2 Å². The largest absolute Gasteiger partial charge is 0.459 e. The minimum atomic E-state index is -0.255. The molecule has 4 aromatic rings. The van der Waals surface area contributed by atoms with Crippen molar-refractivity contribution in [3.8, 4) is 0 Å². The van der Waals surface area contributed by atoms with Crippen molar-refractivity contribution in [2.45, 2.75) is 30.6 Å². The standard InChI is InChI=1S/C25H24N6O3S/c1-17-15-21(19-11-6-7-12-20(19)30(17)24(33)22-13-8-14-34-22)31(18-9-4-3-5-10-18)23(32)16-35-25-26-27-28-29(25)2/h3-14,17,21H,15-16H2,1-2H3/t17-,21+/m0/s1. The average molecular weight is 489 g/mol. The van der Waals surface area contributed by atoms with Crippen LogP contribution in [-0.2, 0) is 11.8 Å². The Hall–Kier alpha value is -3.92. The third kappa shape index (κ3) is 4.44. The van der Waals surface area contributed by atoms with Gasteiger partial charge in [-0.3, -0.25) is 9.59 Å². The van der Waals surface area contributed by atoms with E-state index in [1.54, 1.807) is 28.8 Å². The highest BCUT2D eigenvalue weighted by atomic mass is 32.2. The van der Waals surface area contributed by atoms with Gasteiger partial charge in [0.15, 0.2) is 5.76 Å². The molecular weight excluding hydrogens is 464 g/mol. The fraction of sp³-hybridized carbons (Fsp3) is 0.240. The summed E-state index contributed by atoms with van der Waals surface area (Å²) in [5.74, 6) is 0.193. The van der Waals surface area contributed by atoms with Crippen molar-refractivity contribution < 1.29 is 14.0 Å². The highest BCUT2D eigenvalue weighted by Crippen LogP contribution is 2.43. The summed E-state index contributed by atoms with van der Waals surface area (Å²) in [4.78, 5) is 30.6. The van der Waals surface area contributed by atoms with Crippen LogP contribution in [0.3, 0.4) is 0 Å². The minimum absolute atomic E-state index is 0.0676. The SMILES string of the molecule is C[C@H]1C[C@@H](N(C(=O)CSc2nnnn2C)c2ccccc2)c2ccccc2N1C(=O)c1ccco1. The average Bonchev–Trinajstić information content (AvgIpc) is 3.55. The maximum Gasteiger partial charge on any atom is 0.294 e. The van der Waals surface area contributed by atoms with Crippen LogP contribution in [0, 0.1) is 0 Å². The zero-order chi connectivity index (χ0) is 24.4. The fourth-order valence-electron chi connectivity index (χ4n) is 4.48. The van der Waals surface area contributed by atoms with Gasteiger partial charge in [0.2, 0.25) is 11.1 Å². The van der Waals surface area contributed by atoms with Crippen molar-refractivity contribution in [3.05, 3.63) is 84.3 Å². The number of para-hydroxylation sites is 2. The van der Waals surface area contributed by atoms with E-state index in [1.165, 1.54) is 18.0 Å². The number of aromatic nitrogens is 4. The van der Waals surface area contributed by atoms with E-state index >= 15 is 0 Å². The van der Waals surface area contributed by atoms with Crippen molar-refractivity contribution in [1.82, 2.24) is 20.2 Å². The third-order valence-electron chi connectivity index (χ3n) is 6.03. The van der Waals surface area contributed by atoms with Crippen LogP contribution in [0.4, 0.5) is 11.4 Å². The number of furan rings is 1. The monoisotopic (exact) mass is 488 g/mol. The Kier molecular flexibility index (Phi) is 6.37. The number of carbonyl (C=O) groups excluding carboxylic acids is 2. The number of benzene rings is 2. The summed E-state index contributed by atoms with van der Waals surface area (Å²) in [6.45, 7) is 2.00. The number of hydrogen-bond acceptors (Lipinski definition) is 7. The van der Waals surface area contributed by atoms with Gasteiger partial charge >= 0.3 is 0 Å². The predicted octanol–water partition coefficient (Wildman–Crippen LogP) is 4.11. The van der Waals surface area contributed by atoms with E-state index in [0.717, 1.165) is 16.9 Å². The van der Waals surface area contributed by atoms with E-state index < -0.39 is 0 Å². The Morgan fingerprint density at radius 3 is 2.57 bits per heavy atom. The molecule has 0 radical (unpaired) electrons. The number of rotatable bonds is 6. The van der Waals surface area contributed by atoms with E-state index in [4.69, 9.17) is 4.42 Å². The smallest absolute Gasteiger partial charge is 0.294 e. The lowest BCUT2D eigenvalue weighted by Crippen LogP contribution is -2.48. The van der Waals surface area contributed by atoms with Gasteiger partial charge in [-0.25, -0.2) is 4.68 Å². The van der Waals surface area contributed by atoms with Gasteiger partial charge in [0.05, 0.1) is 18.1 Å². The summed E-state index contributed by atoms with van der Waals surface area (Å²) in [7, 11) is 1.74. The normalized spacial score (nSPS) is 17.1. The second-order valence-electron chi connectivity index (χ2n) is 8.28. The maximum absolute atomic E-state index is 13.7. The Morgan fingerprint density at radius 1 is 1.09 bits per heavy atom. The van der Waals surface area contributed by atoms with Crippen molar-refractivity contribution in [1.29, 1.82) is 0 Å². The zero-order valence-corrected chi connectivity index (χ0v) is 20.1. The molecular formula is C25H24N6O3S. The van der Waals surface area contributed by atoms with Crippen molar-refractivity contribution in [2.75, 3.05) is 15.6 Å². The molecule has 9 nitrogen and oxygen atoms in total. The molecule has 0 saturated carbocycles. The Bertz CT molecular complexity index is 1320. The molecule has 2 aromatic carbocycles. The number of fused-ring (bicyclic) bond motifs is 1. The van der Waals surface area contributed by atoms with Gasteiger partial charge < -0.3 is 14.2 Å². The van der Waals surface area contributed by atoms with Crippen LogP contribution < -0.4 is 9.80 Å². The van der Waals surface area contributed by atoms with E-state index in [2.05, 4.69) is 15.5 Å². The van der Waals surface area contributed by atoms with Crippen LogP contribution in [0.25, 0.3) is 0 Å². The molecule has 2 aromatic heterocycles. The first kappa shape index (κ1) is 22.9. The van der Waals surface area contributed by atoms with Gasteiger partial charge in [-0.05, 0) is 59.7 Å². The van der Waals surface area contributed by atoms with Crippen molar-refractivity contribution >= 4 is 35.0 Å². The van der Waals surface area contributed by atoms with Crippen LogP contribution in [0.1, 0.15) is 35.5 Å². The second-order valence-corrected chi connectivity index (χ2v) is 9.23. The van der Waals surface area contributed by atoms with Crippen LogP contribution in [0.2, 0.25) is 0 Å². The molecule has 1 aliphatic heterocycles. The highest BCUT2D eigenvalue weighted by molar-refractivity contribution is 7.99. The summed E-state index contributed by atoms with van der Waals surface area (Å²) in [6, 6.07) is 20.3. The Morgan fingerprint density at radius 2 is 1.86 bits per heavy atom. The summed E-state index contributed by atoms with van der Waals surface area (Å²) >= 11 is 1.29.